The first-order chi connectivity index (χ1) is 21.3. The second kappa shape index (κ2) is 12.8. The SMILES string of the molecule is BC(B)(B)NC(=O)c1nnc(Nc2ccc(C)nn2)cc1Nc1cccc(-c2ncc(C(=O)N3CCS(=O)(=O)CC3)s2)c1OC. The minimum Gasteiger partial charge on any atom is -0.494 e. The number of hydrogen-bond acceptors (Lipinski definition) is 13. The van der Waals surface area contributed by atoms with Gasteiger partial charge in [0.15, 0.2) is 32.9 Å². The van der Waals surface area contributed by atoms with Gasteiger partial charge in [-0.2, -0.15) is 5.10 Å². The average molecular weight is 645 g/mol. The first kappa shape index (κ1) is 31.9. The van der Waals surface area contributed by atoms with Gasteiger partial charge in [-0.25, -0.2) is 13.4 Å². The largest absolute Gasteiger partial charge is 0.494 e. The molecule has 14 nitrogen and oxygen atoms in total. The van der Waals surface area contributed by atoms with E-state index < -0.39 is 21.0 Å². The summed E-state index contributed by atoms with van der Waals surface area (Å²) < 4.78 is 29.4. The predicted octanol–water partition coefficient (Wildman–Crippen LogP) is -0.695. The van der Waals surface area contributed by atoms with Crippen LogP contribution in [0.15, 0.2) is 42.6 Å². The molecule has 5 rings (SSSR count). The molecule has 0 bridgehead atoms. The van der Waals surface area contributed by atoms with Crippen LogP contribution in [-0.4, -0.2) is 111 Å². The van der Waals surface area contributed by atoms with Crippen LogP contribution in [-0.2, 0) is 9.84 Å². The molecule has 2 amide bonds. The van der Waals surface area contributed by atoms with Crippen LogP contribution in [0.3, 0.4) is 0 Å². The van der Waals surface area contributed by atoms with Crippen molar-refractivity contribution in [3.8, 4) is 16.3 Å². The predicted molar refractivity (Wildman–Crippen MR) is 180 cm³/mol. The van der Waals surface area contributed by atoms with Crippen LogP contribution in [0, 0.1) is 6.92 Å². The fourth-order valence-electron chi connectivity index (χ4n) is 4.45. The molecule has 1 saturated heterocycles. The smallest absolute Gasteiger partial charge is 0.272 e. The van der Waals surface area contributed by atoms with Crippen molar-refractivity contribution in [3.05, 3.63) is 58.9 Å². The van der Waals surface area contributed by atoms with Crippen molar-refractivity contribution in [1.82, 2.24) is 35.6 Å². The van der Waals surface area contributed by atoms with Gasteiger partial charge in [0.05, 0.1) is 47.4 Å². The summed E-state index contributed by atoms with van der Waals surface area (Å²) in [6.07, 6.45) is 1.48. The lowest BCUT2D eigenvalue weighted by Crippen LogP contribution is -2.50. The summed E-state index contributed by atoms with van der Waals surface area (Å²) in [5.74, 6) is 0.398. The lowest BCUT2D eigenvalue weighted by atomic mass is 9.49. The van der Waals surface area contributed by atoms with E-state index in [2.05, 4.69) is 41.3 Å². The molecule has 0 aliphatic carbocycles. The molecule has 45 heavy (non-hydrogen) atoms. The molecule has 230 valence electrons. The third-order valence-corrected chi connectivity index (χ3v) is 9.25. The highest BCUT2D eigenvalue weighted by atomic mass is 32.2. The number of aromatic nitrogens is 5. The van der Waals surface area contributed by atoms with Gasteiger partial charge in [0.2, 0.25) is 0 Å². The van der Waals surface area contributed by atoms with E-state index in [1.165, 1.54) is 29.5 Å². The molecule has 1 fully saturated rings. The maximum absolute atomic E-state index is 13.2. The van der Waals surface area contributed by atoms with E-state index in [-0.39, 0.29) is 36.2 Å². The second-order valence-corrected chi connectivity index (χ2v) is 14.7. The van der Waals surface area contributed by atoms with E-state index in [9.17, 15) is 18.0 Å². The zero-order valence-electron chi connectivity index (χ0n) is 25.4. The van der Waals surface area contributed by atoms with E-state index in [1.807, 2.05) is 36.5 Å². The summed E-state index contributed by atoms with van der Waals surface area (Å²) in [6, 6.07) is 10.6. The fraction of sp³-hybridized carbons (Fsp3) is 0.269. The van der Waals surface area contributed by atoms with Crippen LogP contribution in [0.4, 0.5) is 23.0 Å². The monoisotopic (exact) mass is 645 g/mol. The number of carbonyl (C=O) groups excluding carboxylic acids is 2. The quantitative estimate of drug-likeness (QED) is 0.195. The summed E-state index contributed by atoms with van der Waals surface area (Å²) in [6.45, 7) is 2.13. The Bertz CT molecular complexity index is 1840. The van der Waals surface area contributed by atoms with Crippen molar-refractivity contribution >= 4 is 79.5 Å². The molecule has 19 heteroatoms. The first-order valence-corrected chi connectivity index (χ1v) is 16.6. The molecule has 4 heterocycles. The van der Waals surface area contributed by atoms with Gasteiger partial charge in [0.25, 0.3) is 11.8 Å². The van der Waals surface area contributed by atoms with Gasteiger partial charge in [-0.15, -0.1) is 26.6 Å². The molecule has 0 spiro atoms. The number of anilines is 4. The number of amides is 2. The third-order valence-electron chi connectivity index (χ3n) is 6.62. The molecular formula is C26H30B3N9O5S2. The highest BCUT2D eigenvalue weighted by Gasteiger charge is 2.28. The Morgan fingerprint density at radius 1 is 0.978 bits per heavy atom. The fourth-order valence-corrected chi connectivity index (χ4v) is 6.56. The Morgan fingerprint density at radius 2 is 1.71 bits per heavy atom. The van der Waals surface area contributed by atoms with Gasteiger partial charge in [-0.3, -0.25) is 9.59 Å². The summed E-state index contributed by atoms with van der Waals surface area (Å²) in [5.41, 5.74) is 2.29. The van der Waals surface area contributed by atoms with Crippen LogP contribution in [0.2, 0.25) is 0 Å². The van der Waals surface area contributed by atoms with Gasteiger partial charge in [0.1, 0.15) is 33.4 Å². The molecule has 0 unspecified atom stereocenters. The number of rotatable bonds is 9. The van der Waals surface area contributed by atoms with E-state index in [0.717, 1.165) is 5.69 Å². The number of methoxy groups -OCH3 is 1. The zero-order chi connectivity index (χ0) is 32.4. The van der Waals surface area contributed by atoms with Crippen molar-refractivity contribution in [3.63, 3.8) is 0 Å². The number of sulfone groups is 1. The minimum absolute atomic E-state index is 0.0543. The Hall–Kier alpha value is -4.51. The van der Waals surface area contributed by atoms with Crippen LogP contribution < -0.4 is 20.7 Å². The number of nitrogens with zero attached hydrogens (tertiary/aromatic N) is 6. The van der Waals surface area contributed by atoms with E-state index in [4.69, 9.17) is 4.74 Å². The van der Waals surface area contributed by atoms with Crippen molar-refractivity contribution < 1.29 is 22.7 Å². The van der Waals surface area contributed by atoms with Crippen molar-refractivity contribution in [2.75, 3.05) is 42.3 Å². The summed E-state index contributed by atoms with van der Waals surface area (Å²) in [5, 5.41) is 25.8. The average Bonchev–Trinajstić information content (AvgIpc) is 3.47. The number of thiazole rings is 1. The lowest BCUT2D eigenvalue weighted by Gasteiger charge is -2.26. The lowest BCUT2D eigenvalue weighted by molar-refractivity contribution is 0.0774. The van der Waals surface area contributed by atoms with Crippen LogP contribution in [0.1, 0.15) is 25.9 Å². The van der Waals surface area contributed by atoms with Gasteiger partial charge in [-0.1, -0.05) is 6.07 Å². The molecule has 1 aliphatic heterocycles. The maximum Gasteiger partial charge on any atom is 0.272 e. The number of carbonyl (C=O) groups is 2. The third kappa shape index (κ3) is 7.78. The molecule has 0 saturated carbocycles. The first-order valence-electron chi connectivity index (χ1n) is 14.0. The summed E-state index contributed by atoms with van der Waals surface area (Å²) in [4.78, 5) is 32.7. The van der Waals surface area contributed by atoms with Gasteiger partial charge >= 0.3 is 0 Å². The van der Waals surface area contributed by atoms with Crippen LogP contribution in [0.5, 0.6) is 5.75 Å². The van der Waals surface area contributed by atoms with Crippen molar-refractivity contribution in [2.24, 2.45) is 0 Å². The standard InChI is InChI=1S/C26H30B3N9O5S2/c1-14-6-7-19(35-34-14)32-20-12-17(21(37-36-20)23(39)33-26(27,28)29)31-16-5-3-4-15(22(16)43-2)24-30-13-18(44-24)25(40)38-8-10-45(41,42)11-9-38/h3-7,12-13H,8-11,27-29H2,1-2H3,(H,33,39)(H2,31,32,35,36). The molecule has 3 N–H and O–H groups in total. The molecule has 0 radical (unpaired) electrons. The normalized spacial score (nSPS) is 14.4. The van der Waals surface area contributed by atoms with E-state index in [1.54, 1.807) is 30.3 Å². The van der Waals surface area contributed by atoms with Gasteiger partial charge < -0.3 is 25.6 Å². The summed E-state index contributed by atoms with van der Waals surface area (Å²) >= 11 is 1.18. The highest BCUT2D eigenvalue weighted by Crippen LogP contribution is 2.40. The molecule has 1 aromatic carbocycles. The van der Waals surface area contributed by atoms with Crippen molar-refractivity contribution in [2.45, 2.75) is 12.2 Å². The number of aryl methyl sites for hydroxylation is 1. The number of para-hydroxylation sites is 1. The Labute approximate surface area is 266 Å². The second-order valence-electron chi connectivity index (χ2n) is 11.4. The van der Waals surface area contributed by atoms with Crippen LogP contribution in [0.25, 0.3) is 10.6 Å². The Kier molecular flexibility index (Phi) is 9.11. The maximum atomic E-state index is 13.2. The van der Waals surface area contributed by atoms with Crippen LogP contribution >= 0.6 is 11.3 Å². The minimum atomic E-state index is -3.12. The molecule has 4 aromatic rings. The van der Waals surface area contributed by atoms with Crippen molar-refractivity contribution in [1.29, 1.82) is 0 Å². The highest BCUT2D eigenvalue weighted by molar-refractivity contribution is 7.91. The molecular weight excluding hydrogens is 615 g/mol. The number of hydrogen-bond donors (Lipinski definition) is 3. The molecule has 3 aromatic heterocycles. The summed E-state index contributed by atoms with van der Waals surface area (Å²) in [7, 11) is 3.99. The Balaban J connectivity index is 1.46. The number of ether oxygens (including phenoxy) is 1. The van der Waals surface area contributed by atoms with Gasteiger partial charge in [-0.05, 0) is 36.4 Å². The molecule has 1 aliphatic rings. The number of nitrogens with one attached hydrogen (secondary N) is 3. The molecule has 0 atom stereocenters. The van der Waals surface area contributed by atoms with Gasteiger partial charge in [0, 0.05) is 19.2 Å². The van der Waals surface area contributed by atoms with E-state index >= 15 is 0 Å². The topological polar surface area (TPSA) is 181 Å². The number of benzene rings is 1. The zero-order valence-corrected chi connectivity index (χ0v) is 27.0. The van der Waals surface area contributed by atoms with E-state index in [0.29, 0.717) is 44.2 Å². The Morgan fingerprint density at radius 3 is 2.38 bits per heavy atom.